The Balaban J connectivity index is 1.19. The number of aliphatic imine (C=N–C) groups is 1. The van der Waals surface area contributed by atoms with Crippen LogP contribution in [0.3, 0.4) is 0 Å². The highest BCUT2D eigenvalue weighted by molar-refractivity contribution is 5.87. The van der Waals surface area contributed by atoms with E-state index in [4.69, 9.17) is 5.11 Å². The Morgan fingerprint density at radius 2 is 1.88 bits per heavy atom. The molecule has 2 N–H and O–H groups in total. The summed E-state index contributed by atoms with van der Waals surface area (Å²) in [5, 5.41) is 12.9. The van der Waals surface area contributed by atoms with E-state index in [1.54, 1.807) is 12.1 Å². The number of carbonyl (C=O) groups is 1. The molecule has 3 atom stereocenters. The maximum Gasteiger partial charge on any atom is 0.335 e. The van der Waals surface area contributed by atoms with Gasteiger partial charge in [0.2, 0.25) is 0 Å². The van der Waals surface area contributed by atoms with Gasteiger partial charge in [-0.3, -0.25) is 4.99 Å². The fraction of sp³-hybridized carbons (Fsp3) is 0.481. The first-order valence-electron chi connectivity index (χ1n) is 11.9. The molecule has 1 saturated carbocycles. The normalized spacial score (nSPS) is 22.8. The second-order valence-electron chi connectivity index (χ2n) is 9.24. The number of nitrogens with one attached hydrogen (secondary N) is 1. The van der Waals surface area contributed by atoms with Crippen molar-refractivity contribution in [2.24, 2.45) is 10.9 Å². The molecule has 2 aromatic rings. The number of rotatable bonds is 10. The molecule has 170 valence electrons. The molecular formula is C27H35N3O2. The smallest absolute Gasteiger partial charge is 0.335 e. The minimum absolute atomic E-state index is 0.357. The molecule has 2 fully saturated rings. The van der Waals surface area contributed by atoms with E-state index in [-0.39, 0.29) is 0 Å². The fourth-order valence-corrected chi connectivity index (χ4v) is 5.01. The predicted molar refractivity (Wildman–Crippen MR) is 130 cm³/mol. The molecule has 2 aliphatic rings. The van der Waals surface area contributed by atoms with Crippen molar-refractivity contribution in [3.8, 4) is 0 Å². The summed E-state index contributed by atoms with van der Waals surface area (Å²) in [4.78, 5) is 17.9. The van der Waals surface area contributed by atoms with Gasteiger partial charge in [-0.05, 0) is 80.9 Å². The van der Waals surface area contributed by atoms with Crippen LogP contribution in [0, 0.1) is 5.92 Å². The summed E-state index contributed by atoms with van der Waals surface area (Å²) >= 11 is 0. The minimum atomic E-state index is -0.863. The van der Waals surface area contributed by atoms with Gasteiger partial charge in [0.05, 0.1) is 5.56 Å². The average Bonchev–Trinajstić information content (AvgIpc) is 3.59. The molecule has 1 aliphatic heterocycles. The molecule has 0 amide bonds. The summed E-state index contributed by atoms with van der Waals surface area (Å²) in [7, 11) is 1.88. The zero-order valence-corrected chi connectivity index (χ0v) is 19.0. The molecule has 1 saturated heterocycles. The summed E-state index contributed by atoms with van der Waals surface area (Å²) in [5.41, 5.74) is 3.02. The maximum atomic E-state index is 11.0. The van der Waals surface area contributed by atoms with Gasteiger partial charge in [-0.1, -0.05) is 42.5 Å². The molecule has 5 nitrogen and oxygen atoms in total. The quantitative estimate of drug-likeness (QED) is 0.550. The highest BCUT2D eigenvalue weighted by Gasteiger charge is 2.40. The van der Waals surface area contributed by atoms with Crippen LogP contribution in [0.1, 0.15) is 53.1 Å². The summed E-state index contributed by atoms with van der Waals surface area (Å²) < 4.78 is 0. The molecule has 32 heavy (non-hydrogen) atoms. The van der Waals surface area contributed by atoms with Crippen molar-refractivity contribution < 1.29 is 9.90 Å². The molecule has 0 radical (unpaired) electrons. The van der Waals surface area contributed by atoms with E-state index in [0.717, 1.165) is 32.5 Å². The monoisotopic (exact) mass is 433 g/mol. The molecule has 0 spiro atoms. The first-order valence-corrected chi connectivity index (χ1v) is 11.9. The summed E-state index contributed by atoms with van der Waals surface area (Å²) in [5.74, 6) is 0.432. The van der Waals surface area contributed by atoms with Crippen LogP contribution in [-0.4, -0.2) is 61.0 Å². The number of aryl methyl sites for hydroxylation is 1. The van der Waals surface area contributed by atoms with Crippen LogP contribution in [0.4, 0.5) is 0 Å². The van der Waals surface area contributed by atoms with Crippen molar-refractivity contribution in [3.05, 3.63) is 71.3 Å². The molecule has 5 heteroatoms. The number of aromatic carboxylic acids is 1. The number of carboxylic acids is 1. The van der Waals surface area contributed by atoms with Crippen LogP contribution in [0.5, 0.6) is 0 Å². The number of likely N-dealkylation sites (tertiary alicyclic amines) is 1. The van der Waals surface area contributed by atoms with E-state index in [0.29, 0.717) is 29.5 Å². The number of hydrogen-bond donors (Lipinski definition) is 2. The Morgan fingerprint density at radius 3 is 2.53 bits per heavy atom. The second kappa shape index (κ2) is 10.9. The molecule has 1 aliphatic carbocycles. The van der Waals surface area contributed by atoms with Crippen LogP contribution >= 0.6 is 0 Å². The van der Waals surface area contributed by atoms with Gasteiger partial charge < -0.3 is 15.3 Å². The van der Waals surface area contributed by atoms with Crippen molar-refractivity contribution in [1.82, 2.24) is 10.2 Å². The van der Waals surface area contributed by atoms with Crippen molar-refractivity contribution >= 4 is 12.2 Å². The van der Waals surface area contributed by atoms with Gasteiger partial charge in [-0.25, -0.2) is 4.79 Å². The van der Waals surface area contributed by atoms with Crippen LogP contribution < -0.4 is 5.32 Å². The Bertz CT molecular complexity index is 889. The molecule has 2 aromatic carbocycles. The lowest BCUT2D eigenvalue weighted by atomic mass is 9.89. The lowest BCUT2D eigenvalue weighted by molar-refractivity contribution is 0.0697. The standard InChI is InChI=1S/C27H35N3O2/c1-28-19-26(29-25-18-24(25)21-7-3-2-4-8-21)22-13-16-30(17-14-22)15-5-6-20-9-11-23(12-10-20)27(31)32/h2-4,7-12,19,22,24-26,29H,5-6,13-18H2,1H3,(H,31,32)/b28-19+/t24-,25+,26?/m0/s1. The lowest BCUT2D eigenvalue weighted by Gasteiger charge is -2.35. The Labute approximate surface area is 191 Å². The van der Waals surface area contributed by atoms with Crippen molar-refractivity contribution in [3.63, 3.8) is 0 Å². The molecular weight excluding hydrogens is 398 g/mol. The zero-order valence-electron chi connectivity index (χ0n) is 19.0. The van der Waals surface area contributed by atoms with Crippen LogP contribution in [0.15, 0.2) is 59.6 Å². The molecule has 0 aromatic heterocycles. The molecule has 4 rings (SSSR count). The minimum Gasteiger partial charge on any atom is -0.478 e. The van der Waals surface area contributed by atoms with Gasteiger partial charge in [0.1, 0.15) is 0 Å². The molecule has 1 unspecified atom stereocenters. The van der Waals surface area contributed by atoms with Gasteiger partial charge in [-0.2, -0.15) is 0 Å². The van der Waals surface area contributed by atoms with E-state index in [9.17, 15) is 4.79 Å². The number of piperidine rings is 1. The van der Waals surface area contributed by atoms with Crippen molar-refractivity contribution in [2.45, 2.75) is 50.1 Å². The Hall–Kier alpha value is -2.50. The summed E-state index contributed by atoms with van der Waals surface area (Å²) in [6.07, 6.45) is 7.87. The highest BCUT2D eigenvalue weighted by Crippen LogP contribution is 2.41. The third kappa shape index (κ3) is 6.05. The number of benzene rings is 2. The number of carboxylic acid groups (broad SMARTS) is 1. The topological polar surface area (TPSA) is 64.9 Å². The summed E-state index contributed by atoms with van der Waals surface area (Å²) in [6.45, 7) is 3.39. The van der Waals surface area contributed by atoms with E-state index < -0.39 is 5.97 Å². The van der Waals surface area contributed by atoms with Crippen molar-refractivity contribution in [2.75, 3.05) is 26.7 Å². The van der Waals surface area contributed by atoms with Gasteiger partial charge in [0, 0.05) is 31.3 Å². The largest absolute Gasteiger partial charge is 0.478 e. The fourth-order valence-electron chi connectivity index (χ4n) is 5.01. The summed E-state index contributed by atoms with van der Waals surface area (Å²) in [6, 6.07) is 19.1. The first-order chi connectivity index (χ1) is 15.6. The van der Waals surface area contributed by atoms with E-state index in [1.165, 1.54) is 30.4 Å². The number of hydrogen-bond acceptors (Lipinski definition) is 4. The van der Waals surface area contributed by atoms with Gasteiger partial charge in [-0.15, -0.1) is 0 Å². The van der Waals surface area contributed by atoms with Gasteiger partial charge in [0.25, 0.3) is 0 Å². The molecule has 0 bridgehead atoms. The Morgan fingerprint density at radius 1 is 1.16 bits per heavy atom. The average molecular weight is 434 g/mol. The lowest BCUT2D eigenvalue weighted by Crippen LogP contribution is -2.45. The van der Waals surface area contributed by atoms with E-state index in [1.807, 2.05) is 19.2 Å². The third-order valence-electron chi connectivity index (χ3n) is 7.02. The van der Waals surface area contributed by atoms with Gasteiger partial charge in [0.15, 0.2) is 0 Å². The first kappa shape index (κ1) is 22.7. The van der Waals surface area contributed by atoms with E-state index >= 15 is 0 Å². The third-order valence-corrected chi connectivity index (χ3v) is 7.02. The van der Waals surface area contributed by atoms with Gasteiger partial charge >= 0.3 is 5.97 Å². The SMILES string of the molecule is C/N=C/C(N[C@@H]1C[C@H]1c1ccccc1)C1CCN(CCCc2ccc(C(=O)O)cc2)CC1. The van der Waals surface area contributed by atoms with Crippen molar-refractivity contribution in [1.29, 1.82) is 0 Å². The van der Waals surface area contributed by atoms with Crippen LogP contribution in [0.25, 0.3) is 0 Å². The predicted octanol–water partition coefficient (Wildman–Crippen LogP) is 4.24. The van der Waals surface area contributed by atoms with Crippen LogP contribution in [-0.2, 0) is 6.42 Å². The van der Waals surface area contributed by atoms with Crippen LogP contribution in [0.2, 0.25) is 0 Å². The Kier molecular flexibility index (Phi) is 7.72. The molecule has 1 heterocycles. The highest BCUT2D eigenvalue weighted by atomic mass is 16.4. The number of nitrogens with zero attached hydrogens (tertiary/aromatic N) is 2. The second-order valence-corrected chi connectivity index (χ2v) is 9.24. The van der Waals surface area contributed by atoms with E-state index in [2.05, 4.69) is 51.8 Å². The zero-order chi connectivity index (χ0) is 22.3. The maximum absolute atomic E-state index is 11.0.